The van der Waals surface area contributed by atoms with Gasteiger partial charge in [-0.15, -0.1) is 0 Å². The van der Waals surface area contributed by atoms with Gasteiger partial charge < -0.3 is 29.9 Å². The average Bonchev–Trinajstić information content (AvgIpc) is 3.06. The predicted molar refractivity (Wildman–Crippen MR) is 113 cm³/mol. The molecule has 11 nitrogen and oxygen atoms in total. The molecule has 0 bridgehead atoms. The highest BCUT2D eigenvalue weighted by molar-refractivity contribution is 6.51. The molecule has 2 aliphatic heterocycles. The van der Waals surface area contributed by atoms with Crippen molar-refractivity contribution in [2.75, 3.05) is 18.0 Å². The van der Waals surface area contributed by atoms with Gasteiger partial charge in [0.1, 0.15) is 11.9 Å². The molecule has 34 heavy (non-hydrogen) atoms. The highest BCUT2D eigenvalue weighted by atomic mass is 19.1. The first kappa shape index (κ1) is 25.3. The third kappa shape index (κ3) is 6.19. The van der Waals surface area contributed by atoms with Crippen molar-refractivity contribution in [1.29, 1.82) is 0 Å². The summed E-state index contributed by atoms with van der Waals surface area (Å²) in [4.78, 5) is 52.8. The summed E-state index contributed by atoms with van der Waals surface area (Å²) in [7, 11) is -1.16. The van der Waals surface area contributed by atoms with Crippen LogP contribution < -0.4 is 15.5 Å². The number of carboxylic acids is 1. The second-order valence-electron chi connectivity index (χ2n) is 8.51. The molecule has 0 spiro atoms. The Morgan fingerprint density at radius 1 is 1.35 bits per heavy atom. The Balaban J connectivity index is 1.54. The van der Waals surface area contributed by atoms with E-state index in [-0.39, 0.29) is 11.7 Å². The van der Waals surface area contributed by atoms with E-state index in [9.17, 15) is 28.0 Å². The normalized spacial score (nSPS) is 20.6. The average molecular weight is 482 g/mol. The summed E-state index contributed by atoms with van der Waals surface area (Å²) in [6.45, 7) is 3.69. The van der Waals surface area contributed by atoms with Crippen LogP contribution in [0.5, 0.6) is 0 Å². The van der Waals surface area contributed by atoms with Gasteiger partial charge in [-0.05, 0) is 18.8 Å². The Kier molecular flexibility index (Phi) is 8.02. The van der Waals surface area contributed by atoms with Crippen molar-refractivity contribution in [3.05, 3.63) is 23.9 Å². The molecule has 2 saturated heterocycles. The molecule has 3 heterocycles. The van der Waals surface area contributed by atoms with Crippen LogP contribution in [0, 0.1) is 17.6 Å². The van der Waals surface area contributed by atoms with Gasteiger partial charge in [-0.2, -0.15) is 0 Å². The number of carbonyl (C=O) groups excluding carboxylic acids is 3. The molecule has 184 valence electrons. The van der Waals surface area contributed by atoms with Crippen LogP contribution in [0.2, 0.25) is 0 Å². The number of carboxylic acid groups (broad SMARTS) is 1. The number of nitrogens with zero attached hydrogens (tertiary/aromatic N) is 2. The third-order valence-electron chi connectivity index (χ3n) is 5.36. The van der Waals surface area contributed by atoms with E-state index in [1.807, 2.05) is 13.8 Å². The first-order valence-electron chi connectivity index (χ1n) is 10.8. The number of hydrogen-bond acceptors (Lipinski definition) is 8. The van der Waals surface area contributed by atoms with Crippen molar-refractivity contribution in [1.82, 2.24) is 15.6 Å². The molecule has 14 heteroatoms. The fraction of sp³-hybridized carbons (Fsp3) is 0.550. The molecule has 3 rings (SSSR count). The molecule has 2 aliphatic rings. The monoisotopic (exact) mass is 482 g/mol. The summed E-state index contributed by atoms with van der Waals surface area (Å²) in [5.74, 6) is -5.72. The van der Waals surface area contributed by atoms with E-state index >= 15 is 0 Å². The Labute approximate surface area is 194 Å². The standard InChI is InChI=1S/C20H25BF2N4O7/c1-10(2)5-15(21-33-14(7-17(29)30)20(32)34-21)26-16(28)9-25-19(31)13-3-4-27(13)18-12(23)6-11(22)8-24-18/h6,8,10,13-15H,3-5,7,9H2,1-2H3,(H,25,31)(H,26,28)(H,29,30)/t13-,14-,15-/m0/s1. The van der Waals surface area contributed by atoms with Crippen LogP contribution in [0.4, 0.5) is 14.6 Å². The maximum atomic E-state index is 14.0. The highest BCUT2D eigenvalue weighted by Gasteiger charge is 2.46. The summed E-state index contributed by atoms with van der Waals surface area (Å²) in [6, 6.07) is -0.0840. The van der Waals surface area contributed by atoms with Crippen LogP contribution in [0.25, 0.3) is 0 Å². The molecule has 0 aliphatic carbocycles. The summed E-state index contributed by atoms with van der Waals surface area (Å²) in [5.41, 5.74) is 0. The van der Waals surface area contributed by atoms with Crippen LogP contribution in [0.15, 0.2) is 12.3 Å². The molecular weight excluding hydrogens is 457 g/mol. The van der Waals surface area contributed by atoms with E-state index < -0.39 is 73.6 Å². The van der Waals surface area contributed by atoms with Crippen LogP contribution in [0.3, 0.4) is 0 Å². The third-order valence-corrected chi connectivity index (χ3v) is 5.36. The zero-order valence-electron chi connectivity index (χ0n) is 18.6. The van der Waals surface area contributed by atoms with Crippen LogP contribution >= 0.6 is 0 Å². The van der Waals surface area contributed by atoms with Crippen molar-refractivity contribution in [2.45, 2.75) is 51.2 Å². The minimum atomic E-state index is -1.26. The Morgan fingerprint density at radius 3 is 2.68 bits per heavy atom. The molecule has 0 saturated carbocycles. The quantitative estimate of drug-likeness (QED) is 0.393. The fourth-order valence-corrected chi connectivity index (χ4v) is 3.72. The van der Waals surface area contributed by atoms with Gasteiger partial charge in [0.2, 0.25) is 11.8 Å². The number of rotatable bonds is 10. The Morgan fingerprint density at radius 2 is 2.09 bits per heavy atom. The fourth-order valence-electron chi connectivity index (χ4n) is 3.72. The summed E-state index contributed by atoms with van der Waals surface area (Å²) in [5, 5.41) is 14.0. The smallest absolute Gasteiger partial charge is 0.506 e. The number of aromatic nitrogens is 1. The first-order valence-corrected chi connectivity index (χ1v) is 10.8. The number of aliphatic carboxylic acids is 1. The van der Waals surface area contributed by atoms with Gasteiger partial charge >= 0.3 is 19.1 Å². The lowest BCUT2D eigenvalue weighted by molar-refractivity contribution is -0.145. The van der Waals surface area contributed by atoms with Crippen molar-refractivity contribution in [3.63, 3.8) is 0 Å². The van der Waals surface area contributed by atoms with Crippen molar-refractivity contribution >= 4 is 36.7 Å². The summed E-state index contributed by atoms with van der Waals surface area (Å²) < 4.78 is 37.6. The van der Waals surface area contributed by atoms with E-state index in [1.54, 1.807) is 0 Å². The van der Waals surface area contributed by atoms with Gasteiger partial charge in [0.15, 0.2) is 17.7 Å². The lowest BCUT2D eigenvalue weighted by Crippen LogP contribution is -2.58. The van der Waals surface area contributed by atoms with Gasteiger partial charge in [0.05, 0.1) is 25.1 Å². The van der Waals surface area contributed by atoms with E-state index in [0.717, 1.165) is 6.20 Å². The number of pyridine rings is 1. The van der Waals surface area contributed by atoms with E-state index in [2.05, 4.69) is 15.6 Å². The topological polar surface area (TPSA) is 147 Å². The number of anilines is 1. The van der Waals surface area contributed by atoms with Gasteiger partial charge in [0, 0.05) is 12.6 Å². The van der Waals surface area contributed by atoms with Crippen molar-refractivity contribution in [2.24, 2.45) is 5.92 Å². The number of amides is 2. The second-order valence-corrected chi connectivity index (χ2v) is 8.51. The van der Waals surface area contributed by atoms with Gasteiger partial charge in [-0.25, -0.2) is 13.8 Å². The van der Waals surface area contributed by atoms with Crippen molar-refractivity contribution in [3.8, 4) is 0 Å². The predicted octanol–water partition coefficient (Wildman–Crippen LogP) is 0.0297. The minimum absolute atomic E-state index is 0.0716. The lowest BCUT2D eigenvalue weighted by Gasteiger charge is -2.40. The number of carbonyl (C=O) groups is 4. The molecule has 1 aromatic heterocycles. The molecule has 2 fully saturated rings. The summed E-state index contributed by atoms with van der Waals surface area (Å²) >= 11 is 0. The number of hydrogen-bond donors (Lipinski definition) is 3. The zero-order chi connectivity index (χ0) is 25.0. The minimum Gasteiger partial charge on any atom is -0.506 e. The van der Waals surface area contributed by atoms with E-state index in [0.29, 0.717) is 25.5 Å². The number of nitrogens with one attached hydrogen (secondary N) is 2. The lowest BCUT2D eigenvalue weighted by atomic mass is 9.74. The second kappa shape index (κ2) is 10.8. The molecule has 0 aromatic carbocycles. The van der Waals surface area contributed by atoms with Crippen LogP contribution in [0.1, 0.15) is 33.1 Å². The SMILES string of the molecule is CC(C)C[C@H](NC(=O)CNC(=O)[C@@H]1CCN1c1ncc(F)cc1F)B1OC(=O)[C@H](CC(=O)O)O1. The van der Waals surface area contributed by atoms with Gasteiger partial charge in [0.25, 0.3) is 0 Å². The maximum absolute atomic E-state index is 14.0. The van der Waals surface area contributed by atoms with Crippen LogP contribution in [-0.4, -0.2) is 72.1 Å². The van der Waals surface area contributed by atoms with Gasteiger partial charge in [-0.3, -0.25) is 19.2 Å². The molecule has 0 radical (unpaired) electrons. The molecule has 2 amide bonds. The summed E-state index contributed by atoms with van der Waals surface area (Å²) in [6.07, 6.45) is -0.205. The maximum Gasteiger partial charge on any atom is 0.552 e. The first-order chi connectivity index (χ1) is 16.0. The van der Waals surface area contributed by atoms with E-state index in [4.69, 9.17) is 14.4 Å². The van der Waals surface area contributed by atoms with Crippen molar-refractivity contribution < 1.29 is 42.4 Å². The highest BCUT2D eigenvalue weighted by Crippen LogP contribution is 2.27. The zero-order valence-corrected chi connectivity index (χ0v) is 18.6. The van der Waals surface area contributed by atoms with Crippen LogP contribution in [-0.2, 0) is 28.5 Å². The molecule has 1 aromatic rings. The van der Waals surface area contributed by atoms with Gasteiger partial charge in [-0.1, -0.05) is 13.8 Å². The Hall–Kier alpha value is -3.29. The molecule has 3 atom stereocenters. The molecule has 0 unspecified atom stereocenters. The number of halogens is 2. The van der Waals surface area contributed by atoms with E-state index in [1.165, 1.54) is 4.90 Å². The Bertz CT molecular complexity index is 967. The molecular formula is C20H25BF2N4O7. The molecule has 3 N–H and O–H groups in total. The largest absolute Gasteiger partial charge is 0.552 e.